The Morgan fingerprint density at radius 3 is 0.694 bits per heavy atom. The Hall–Kier alpha value is -15.6. The van der Waals surface area contributed by atoms with Gasteiger partial charge in [-0.05, 0) is 121 Å². The van der Waals surface area contributed by atoms with Gasteiger partial charge in [0.1, 0.15) is 0 Å². The lowest BCUT2D eigenvalue weighted by atomic mass is 10.1. The molecule has 0 spiro atoms. The zero-order valence-electron chi connectivity index (χ0n) is 67.3. The zero-order valence-corrected chi connectivity index (χ0v) is 67.3. The number of aromatic nitrogens is 20. The largest absolute Gasteiger partial charge is 0.378 e. The summed E-state index contributed by atoms with van der Waals surface area (Å²) >= 11 is 0. The van der Waals surface area contributed by atoms with Crippen LogP contribution >= 0.6 is 0 Å². The second-order valence-corrected chi connectivity index (χ2v) is 30.3. The lowest BCUT2D eigenvalue weighted by Crippen LogP contribution is -2.36. The minimum absolute atomic E-state index is 0.714. The van der Waals surface area contributed by atoms with Crippen molar-refractivity contribution in [2.45, 2.75) is 0 Å². The molecule has 8 aromatic carbocycles. The molecule has 4 fully saturated rings. The monoisotopic (exact) mass is 1640 g/mol. The van der Waals surface area contributed by atoms with E-state index in [4.69, 9.17) is 38.9 Å². The van der Waals surface area contributed by atoms with Crippen LogP contribution in [-0.2, 0) is 18.9 Å². The van der Waals surface area contributed by atoms with Gasteiger partial charge >= 0.3 is 0 Å². The van der Waals surface area contributed by atoms with Crippen molar-refractivity contribution in [3.63, 3.8) is 0 Å². The molecule has 8 N–H and O–H groups in total. The number of morpholine rings is 4. The minimum atomic E-state index is 0.714. The molecule has 4 aliphatic rings. The van der Waals surface area contributed by atoms with Gasteiger partial charge in [-0.2, -0.15) is 20.4 Å². The molecular weight excluding hydrogens is 1560 g/mol. The molecule has 0 unspecified atom stereocenters. The number of H-pyrrole nitrogens is 4. The maximum Gasteiger partial charge on any atom is 0.180 e. The molecule has 32 heteroatoms. The molecule has 24 rings (SSSR count). The van der Waals surface area contributed by atoms with Crippen LogP contribution in [0.3, 0.4) is 0 Å². The van der Waals surface area contributed by atoms with Gasteiger partial charge in [-0.1, -0.05) is 48.5 Å². The van der Waals surface area contributed by atoms with Gasteiger partial charge in [-0.15, -0.1) is 0 Å². The standard InChI is InChI=1S/4C23H21N7O/c4*1-2-17-14-25-28-20(17)13-16(1)21-15-30-8-7-24-23(30)22(27-21)26-18-3-5-19(6-4-18)29-9-11-31-12-10-29/h4*1-8,13-15H,9-12H2,(H,25,28)(H,26,27). The molecule has 16 heterocycles. The number of ether oxygens (including phenoxy) is 4. The number of imidazole rings is 4. The first-order valence-corrected chi connectivity index (χ1v) is 41.2. The summed E-state index contributed by atoms with van der Waals surface area (Å²) in [5, 5.41) is 46.6. The van der Waals surface area contributed by atoms with Crippen LogP contribution in [0.2, 0.25) is 0 Å². The Morgan fingerprint density at radius 2 is 0.476 bits per heavy atom. The zero-order chi connectivity index (χ0) is 82.5. The van der Waals surface area contributed by atoms with Crippen LogP contribution in [0.5, 0.6) is 0 Å². The van der Waals surface area contributed by atoms with Crippen LogP contribution < -0.4 is 40.9 Å². The molecule has 124 heavy (non-hydrogen) atoms. The summed E-state index contributed by atoms with van der Waals surface area (Å²) in [5.74, 6) is 2.86. The Labute approximate surface area is 708 Å². The van der Waals surface area contributed by atoms with Gasteiger partial charge in [-0.3, -0.25) is 20.4 Å². The average Bonchev–Trinajstić information content (AvgIpc) is 1.57. The third kappa shape index (κ3) is 16.4. The number of hydrogen-bond donors (Lipinski definition) is 8. The summed E-state index contributed by atoms with van der Waals surface area (Å²) in [7, 11) is 0. The lowest BCUT2D eigenvalue weighted by Gasteiger charge is -2.28. The third-order valence-corrected chi connectivity index (χ3v) is 22.5. The topological polar surface area (TPSA) is 333 Å². The van der Waals surface area contributed by atoms with Crippen LogP contribution in [0.15, 0.2) is 269 Å². The minimum Gasteiger partial charge on any atom is -0.378 e. The van der Waals surface area contributed by atoms with Crippen molar-refractivity contribution < 1.29 is 18.9 Å². The molecule has 0 radical (unpaired) electrons. The number of nitrogens with zero attached hydrogens (tertiary/aromatic N) is 20. The average molecular weight is 1650 g/mol. The highest BCUT2D eigenvalue weighted by molar-refractivity contribution is 5.89. The van der Waals surface area contributed by atoms with Crippen LogP contribution in [0, 0.1) is 0 Å². The van der Waals surface area contributed by atoms with Crippen LogP contribution in [0.25, 0.3) is 111 Å². The summed E-state index contributed by atoms with van der Waals surface area (Å²) in [5.41, 5.74) is 23.2. The first kappa shape index (κ1) is 75.8. The maximum atomic E-state index is 5.45. The number of aromatic amines is 4. The first-order chi connectivity index (χ1) is 61.3. The van der Waals surface area contributed by atoms with Crippen molar-refractivity contribution in [1.82, 2.24) is 98.3 Å². The highest BCUT2D eigenvalue weighted by atomic mass is 16.5. The molecule has 0 saturated carbocycles. The smallest absolute Gasteiger partial charge is 0.180 e. The molecule has 4 aliphatic heterocycles. The van der Waals surface area contributed by atoms with Gasteiger partial charge in [0.25, 0.3) is 0 Å². The van der Waals surface area contributed by atoms with E-state index in [0.29, 0.717) is 23.3 Å². The predicted octanol–water partition coefficient (Wildman–Crippen LogP) is 15.4. The van der Waals surface area contributed by atoms with E-state index < -0.39 is 0 Å². The second-order valence-electron chi connectivity index (χ2n) is 30.3. The van der Waals surface area contributed by atoms with E-state index in [9.17, 15) is 0 Å². The highest BCUT2D eigenvalue weighted by Gasteiger charge is 2.21. The van der Waals surface area contributed by atoms with Gasteiger partial charge in [0, 0.05) is 216 Å². The number of hydrogen-bond acceptors (Lipinski definition) is 24. The van der Waals surface area contributed by atoms with Crippen LogP contribution in [0.4, 0.5) is 68.8 Å². The molecule has 12 aromatic heterocycles. The van der Waals surface area contributed by atoms with Crippen molar-refractivity contribution in [2.75, 3.05) is 146 Å². The predicted molar refractivity (Wildman–Crippen MR) is 483 cm³/mol. The van der Waals surface area contributed by atoms with Crippen LogP contribution in [-0.4, -0.2) is 203 Å². The molecule has 4 saturated heterocycles. The Bertz CT molecular complexity index is 6240. The SMILES string of the molecule is c1cn2cc(-c3ccc4cn[nH]c4c3)nc(Nc3ccc(N4CCOCC4)cc3)c2n1.c1cn2cc(-c3ccc4cn[nH]c4c3)nc(Nc3ccc(N4CCOCC4)cc3)c2n1.c1cn2cc(-c3ccc4cn[nH]c4c3)nc(Nc3ccc(N4CCOCC4)cc3)c2n1.c1cn2cc(-c3ccc4cn[nH]c4c3)nc(Nc3ccc(N4CCOCC4)cc3)c2n1. The van der Waals surface area contributed by atoms with Crippen LogP contribution in [0.1, 0.15) is 0 Å². The number of rotatable bonds is 16. The van der Waals surface area contributed by atoms with E-state index in [0.717, 1.165) is 239 Å². The van der Waals surface area contributed by atoms with Crippen molar-refractivity contribution in [3.05, 3.63) is 269 Å². The molecular formula is C92H84N28O4. The molecule has 0 amide bonds. The summed E-state index contributed by atoms with van der Waals surface area (Å²) in [4.78, 5) is 46.8. The lowest BCUT2D eigenvalue weighted by molar-refractivity contribution is 0.122. The number of anilines is 12. The van der Waals surface area contributed by atoms with Crippen molar-refractivity contribution in [3.8, 4) is 45.0 Å². The molecule has 0 bridgehead atoms. The van der Waals surface area contributed by atoms with E-state index in [1.54, 1.807) is 24.8 Å². The molecule has 0 aliphatic carbocycles. The fraction of sp³-hybridized carbons (Fsp3) is 0.174. The van der Waals surface area contributed by atoms with E-state index >= 15 is 0 Å². The van der Waals surface area contributed by atoms with Gasteiger partial charge in [0.15, 0.2) is 45.9 Å². The number of benzene rings is 8. The van der Waals surface area contributed by atoms with Crippen molar-refractivity contribution in [2.24, 2.45) is 0 Å². The van der Waals surface area contributed by atoms with E-state index in [2.05, 4.69) is 247 Å². The Balaban J connectivity index is 0.000000101. The molecule has 0 atom stereocenters. The molecule has 20 aromatic rings. The second kappa shape index (κ2) is 34.2. The summed E-state index contributed by atoms with van der Waals surface area (Å²) < 4.78 is 29.7. The fourth-order valence-electron chi connectivity index (χ4n) is 15.9. The summed E-state index contributed by atoms with van der Waals surface area (Å²) in [6.45, 7) is 13.6. The Kier molecular flexibility index (Phi) is 20.9. The van der Waals surface area contributed by atoms with Gasteiger partial charge in [-0.25, -0.2) is 39.9 Å². The van der Waals surface area contributed by atoms with Gasteiger partial charge in [0.05, 0.1) is 122 Å². The van der Waals surface area contributed by atoms with Crippen molar-refractivity contribution >= 4 is 135 Å². The molecule has 616 valence electrons. The number of nitrogens with one attached hydrogen (secondary N) is 8. The van der Waals surface area contributed by atoms with E-state index in [1.807, 2.05) is 116 Å². The highest BCUT2D eigenvalue weighted by Crippen LogP contribution is 2.35. The Morgan fingerprint density at radius 1 is 0.258 bits per heavy atom. The van der Waals surface area contributed by atoms with Crippen molar-refractivity contribution in [1.29, 1.82) is 0 Å². The summed E-state index contributed by atoms with van der Waals surface area (Å²) in [6, 6.07) is 58.4. The van der Waals surface area contributed by atoms with Gasteiger partial charge < -0.3 is 77.4 Å². The molecule has 32 nitrogen and oxygen atoms in total. The van der Waals surface area contributed by atoms with E-state index in [-0.39, 0.29) is 0 Å². The van der Waals surface area contributed by atoms with Gasteiger partial charge in [0.2, 0.25) is 0 Å². The summed E-state index contributed by atoms with van der Waals surface area (Å²) in [6.07, 6.45) is 30.1. The normalized spacial score (nSPS) is 14.4. The number of fused-ring (bicyclic) bond motifs is 8. The quantitative estimate of drug-likeness (QED) is 0.0445. The van der Waals surface area contributed by atoms with E-state index in [1.165, 1.54) is 22.7 Å². The first-order valence-electron chi connectivity index (χ1n) is 41.2. The fourth-order valence-corrected chi connectivity index (χ4v) is 15.9. The maximum absolute atomic E-state index is 5.45. The third-order valence-electron chi connectivity index (χ3n) is 22.5.